The van der Waals surface area contributed by atoms with Crippen molar-refractivity contribution in [2.75, 3.05) is 27.4 Å². The van der Waals surface area contributed by atoms with Gasteiger partial charge < -0.3 is 59.1 Å². The Kier molecular flexibility index (Phi) is 10.0. The third-order valence-corrected chi connectivity index (χ3v) is 6.73. The Morgan fingerprint density at radius 3 is 2.37 bits per heavy atom. The zero-order valence-corrected chi connectivity index (χ0v) is 22.5. The van der Waals surface area contributed by atoms with Crippen molar-refractivity contribution in [3.63, 3.8) is 0 Å². The number of carbonyl (C=O) groups excluding carboxylic acids is 1. The Labute approximate surface area is 235 Å². The number of aromatic hydroxyl groups is 2. The van der Waals surface area contributed by atoms with Crippen molar-refractivity contribution in [2.45, 2.75) is 55.9 Å². The van der Waals surface area contributed by atoms with Gasteiger partial charge in [-0.05, 0) is 30.2 Å². The van der Waals surface area contributed by atoms with Crippen LogP contribution in [0.2, 0.25) is 0 Å². The van der Waals surface area contributed by atoms with Crippen LogP contribution in [0, 0.1) is 0 Å². The fourth-order valence-corrected chi connectivity index (χ4v) is 4.45. The van der Waals surface area contributed by atoms with Gasteiger partial charge in [-0.25, -0.2) is 0 Å². The molecule has 2 heterocycles. The average molecular weight is 579 g/mol. The normalized spacial score (nSPS) is 28.4. The average Bonchev–Trinajstić information content (AvgIpc) is 2.96. The van der Waals surface area contributed by atoms with Crippen LogP contribution in [0.5, 0.6) is 28.7 Å². The lowest BCUT2D eigenvalue weighted by atomic mass is 9.99. The number of ether oxygens (including phenoxy) is 6. The molecule has 2 aliphatic rings. The second kappa shape index (κ2) is 13.5. The van der Waals surface area contributed by atoms with Crippen molar-refractivity contribution < 1.29 is 63.9 Å². The summed E-state index contributed by atoms with van der Waals surface area (Å²) < 4.78 is 32.6. The van der Waals surface area contributed by atoms with Gasteiger partial charge in [0.2, 0.25) is 6.29 Å². The van der Waals surface area contributed by atoms with Gasteiger partial charge in [0.25, 0.3) is 0 Å². The number of rotatable bonds is 10. The number of hydrogen-bond donors (Lipinski definition) is 6. The van der Waals surface area contributed by atoms with E-state index in [-0.39, 0.29) is 41.8 Å². The summed E-state index contributed by atoms with van der Waals surface area (Å²) in [6.07, 6.45) is -5.07. The molecule has 2 fully saturated rings. The molecule has 2 aromatic carbocycles. The molecular formula is C28H34O13. The Balaban J connectivity index is 1.45. The highest BCUT2D eigenvalue weighted by atomic mass is 16.7. The minimum atomic E-state index is -1.67. The second-order valence-corrected chi connectivity index (χ2v) is 9.61. The predicted octanol–water partition coefficient (Wildman–Crippen LogP) is 0.711. The molecule has 13 heteroatoms. The van der Waals surface area contributed by atoms with Crippen molar-refractivity contribution in [2.24, 2.45) is 0 Å². The maximum atomic E-state index is 12.9. The maximum absolute atomic E-state index is 12.9. The number of phenols is 2. The summed E-state index contributed by atoms with van der Waals surface area (Å²) >= 11 is 0. The fraction of sp³-hybridized carbons (Fsp3) is 0.464. The number of benzene rings is 2. The van der Waals surface area contributed by atoms with E-state index in [1.165, 1.54) is 44.6 Å². The molecule has 224 valence electrons. The van der Waals surface area contributed by atoms with Gasteiger partial charge in [0, 0.05) is 18.6 Å². The summed E-state index contributed by atoms with van der Waals surface area (Å²) in [5.41, 5.74) is 0.337. The second-order valence-electron chi connectivity index (χ2n) is 9.61. The quantitative estimate of drug-likeness (QED) is 0.171. The highest BCUT2D eigenvalue weighted by Gasteiger charge is 2.45. The lowest BCUT2D eigenvalue weighted by Crippen LogP contribution is -2.60. The van der Waals surface area contributed by atoms with E-state index in [0.29, 0.717) is 18.4 Å². The predicted molar refractivity (Wildman–Crippen MR) is 141 cm³/mol. The van der Waals surface area contributed by atoms with E-state index in [9.17, 15) is 35.4 Å². The van der Waals surface area contributed by atoms with E-state index < -0.39 is 54.6 Å². The molecule has 2 saturated heterocycles. The van der Waals surface area contributed by atoms with Crippen LogP contribution in [-0.2, 0) is 14.2 Å². The molecule has 0 radical (unpaired) electrons. The van der Waals surface area contributed by atoms with Gasteiger partial charge in [-0.15, -0.1) is 0 Å². The summed E-state index contributed by atoms with van der Waals surface area (Å²) in [6.45, 7) is -0.0948. The van der Waals surface area contributed by atoms with E-state index in [2.05, 4.69) is 0 Å². The summed E-state index contributed by atoms with van der Waals surface area (Å²) in [7, 11) is 2.70. The van der Waals surface area contributed by atoms with Crippen molar-refractivity contribution in [1.29, 1.82) is 0 Å². The first kappa shape index (κ1) is 30.5. The first-order chi connectivity index (χ1) is 19.6. The number of hydrogen-bond acceptors (Lipinski definition) is 13. The Morgan fingerprint density at radius 2 is 1.71 bits per heavy atom. The summed E-state index contributed by atoms with van der Waals surface area (Å²) in [4.78, 5) is 12.9. The molecule has 0 aromatic heterocycles. The minimum Gasteiger partial charge on any atom is -0.507 e. The Bertz CT molecular complexity index is 1220. The molecule has 6 N–H and O–H groups in total. The van der Waals surface area contributed by atoms with Crippen LogP contribution in [0.15, 0.2) is 36.4 Å². The lowest BCUT2D eigenvalue weighted by Gasteiger charge is -2.40. The van der Waals surface area contributed by atoms with Crippen LogP contribution < -0.4 is 14.2 Å². The first-order valence-corrected chi connectivity index (χ1v) is 12.9. The largest absolute Gasteiger partial charge is 0.507 e. The molecule has 0 bridgehead atoms. The van der Waals surface area contributed by atoms with E-state index in [0.717, 1.165) is 6.07 Å². The third-order valence-electron chi connectivity index (χ3n) is 6.73. The number of allylic oxidation sites excluding steroid dienone is 1. The molecule has 0 unspecified atom stereocenters. The standard InChI is InChI=1S/C28H34O13/c1-36-20-7-4-14(9-18(20)31)3-6-17(30)24-19(32)10-16(11-21(24)37-2)40-28-27(35)26(34)25(33)22(41-28)13-39-23-8-5-15(29)12-38-23/h3-4,6-7,9-11,15,22-23,25-29,31-35H,5,8,12-13H2,1-2H3/b6-3+/t15-,22+,23+,25+,26-,27+,28+/m1/s1. The van der Waals surface area contributed by atoms with Crippen LogP contribution in [0.4, 0.5) is 0 Å². The fourth-order valence-electron chi connectivity index (χ4n) is 4.45. The number of ketones is 1. The van der Waals surface area contributed by atoms with Gasteiger partial charge in [0.1, 0.15) is 47.2 Å². The van der Waals surface area contributed by atoms with Crippen molar-refractivity contribution in [1.82, 2.24) is 0 Å². The SMILES string of the molecule is COc1ccc(/C=C/C(=O)c2c(O)cc(O[C@H]3O[C@@H](CO[C@H]4CC[C@@H](O)CO4)[C@H](O)[C@@H](O)[C@@H]3O)cc2OC)cc1O. The highest BCUT2D eigenvalue weighted by molar-refractivity contribution is 6.10. The third kappa shape index (κ3) is 7.26. The molecular weight excluding hydrogens is 544 g/mol. The van der Waals surface area contributed by atoms with Crippen molar-refractivity contribution in [3.05, 3.63) is 47.5 Å². The number of methoxy groups -OCH3 is 2. The van der Waals surface area contributed by atoms with E-state index in [4.69, 9.17) is 28.4 Å². The summed E-state index contributed by atoms with van der Waals surface area (Å²) in [5.74, 6) is -1.04. The van der Waals surface area contributed by atoms with Crippen molar-refractivity contribution >= 4 is 11.9 Å². The van der Waals surface area contributed by atoms with E-state index in [1.807, 2.05) is 0 Å². The monoisotopic (exact) mass is 578 g/mol. The van der Waals surface area contributed by atoms with Gasteiger partial charge >= 0.3 is 0 Å². The number of aliphatic hydroxyl groups excluding tert-OH is 4. The summed E-state index contributed by atoms with van der Waals surface area (Å²) in [5, 5.41) is 61.4. The van der Waals surface area contributed by atoms with Crippen LogP contribution in [0.25, 0.3) is 6.08 Å². The highest BCUT2D eigenvalue weighted by Crippen LogP contribution is 2.36. The molecule has 41 heavy (non-hydrogen) atoms. The maximum Gasteiger partial charge on any atom is 0.229 e. The molecule has 4 rings (SSSR count). The molecule has 0 spiro atoms. The van der Waals surface area contributed by atoms with Crippen molar-refractivity contribution in [3.8, 4) is 28.7 Å². The van der Waals surface area contributed by atoms with Gasteiger partial charge in [-0.1, -0.05) is 12.1 Å². The Morgan fingerprint density at radius 1 is 0.951 bits per heavy atom. The molecule has 0 aliphatic carbocycles. The molecule has 0 saturated carbocycles. The van der Waals surface area contributed by atoms with E-state index >= 15 is 0 Å². The first-order valence-electron chi connectivity index (χ1n) is 12.9. The minimum absolute atomic E-state index is 0.0466. The number of aliphatic hydroxyl groups is 4. The topological polar surface area (TPSA) is 194 Å². The molecule has 2 aliphatic heterocycles. The smallest absolute Gasteiger partial charge is 0.229 e. The van der Waals surface area contributed by atoms with Crippen LogP contribution in [0.3, 0.4) is 0 Å². The number of phenolic OH excluding ortho intramolecular Hbond substituents is 2. The molecule has 0 amide bonds. The van der Waals surface area contributed by atoms with Gasteiger partial charge in [-0.2, -0.15) is 0 Å². The molecule has 13 nitrogen and oxygen atoms in total. The summed E-state index contributed by atoms with van der Waals surface area (Å²) in [6, 6.07) is 6.97. The van der Waals surface area contributed by atoms with Gasteiger partial charge in [0.05, 0.1) is 33.5 Å². The molecule has 7 atom stereocenters. The number of carbonyl (C=O) groups is 1. The lowest BCUT2D eigenvalue weighted by molar-refractivity contribution is -0.291. The van der Waals surface area contributed by atoms with Gasteiger partial charge in [-0.3, -0.25) is 4.79 Å². The Hall–Kier alpha value is -3.43. The molecule has 2 aromatic rings. The van der Waals surface area contributed by atoms with Crippen LogP contribution in [0.1, 0.15) is 28.8 Å². The van der Waals surface area contributed by atoms with Crippen LogP contribution >= 0.6 is 0 Å². The van der Waals surface area contributed by atoms with Gasteiger partial charge in [0.15, 0.2) is 23.6 Å². The zero-order valence-electron chi connectivity index (χ0n) is 22.5. The van der Waals surface area contributed by atoms with Crippen LogP contribution in [-0.4, -0.2) is 107 Å². The zero-order chi connectivity index (χ0) is 29.7. The van der Waals surface area contributed by atoms with E-state index in [1.54, 1.807) is 6.07 Å².